The van der Waals surface area contributed by atoms with Gasteiger partial charge in [0.05, 0.1) is 5.56 Å². The van der Waals surface area contributed by atoms with Crippen LogP contribution in [0.4, 0.5) is 4.39 Å². The third-order valence-corrected chi connectivity index (χ3v) is 4.34. The highest BCUT2D eigenvalue weighted by Gasteiger charge is 2.17. The molecule has 1 aromatic rings. The third-order valence-electron chi connectivity index (χ3n) is 2.63. The fourth-order valence-electron chi connectivity index (χ4n) is 1.23. The van der Waals surface area contributed by atoms with Crippen LogP contribution in [0.3, 0.4) is 0 Å². The molecule has 0 spiro atoms. The van der Waals surface area contributed by atoms with Crippen molar-refractivity contribution in [3.05, 3.63) is 34.1 Å². The summed E-state index contributed by atoms with van der Waals surface area (Å²) < 4.78 is 13.7. The van der Waals surface area contributed by atoms with Crippen molar-refractivity contribution in [1.82, 2.24) is 5.32 Å². The van der Waals surface area contributed by atoms with Crippen molar-refractivity contribution in [2.45, 2.75) is 19.9 Å². The van der Waals surface area contributed by atoms with E-state index in [2.05, 4.69) is 37.2 Å². The maximum absolute atomic E-state index is 13.1. The highest BCUT2D eigenvalue weighted by molar-refractivity contribution is 9.10. The van der Waals surface area contributed by atoms with Gasteiger partial charge < -0.3 is 5.32 Å². The summed E-state index contributed by atoms with van der Waals surface area (Å²) in [6, 6.07) is 4.09. The highest BCUT2D eigenvalue weighted by atomic mass is 79.9. The van der Waals surface area contributed by atoms with Gasteiger partial charge in [0, 0.05) is 15.8 Å². The molecule has 0 aliphatic heterocycles. The molecule has 0 bridgehead atoms. The van der Waals surface area contributed by atoms with Crippen LogP contribution in [0.5, 0.6) is 0 Å². The van der Waals surface area contributed by atoms with Crippen LogP contribution in [-0.4, -0.2) is 17.3 Å². The third kappa shape index (κ3) is 4.07. The van der Waals surface area contributed by atoms with Crippen LogP contribution in [0.15, 0.2) is 22.7 Å². The Kier molecular flexibility index (Phi) is 5.59. The highest BCUT2D eigenvalue weighted by Crippen LogP contribution is 2.18. The number of carbonyl (C=O) groups excluding carboxylic acids is 1. The number of amides is 1. The van der Waals surface area contributed by atoms with Gasteiger partial charge in [-0.3, -0.25) is 4.79 Å². The molecule has 5 heteroatoms. The van der Waals surface area contributed by atoms with E-state index in [1.165, 1.54) is 18.2 Å². The molecule has 94 valence electrons. The lowest BCUT2D eigenvalue weighted by molar-refractivity contribution is 0.0930. The summed E-state index contributed by atoms with van der Waals surface area (Å²) in [5.74, 6) is -0.373. The molecule has 0 aliphatic carbocycles. The zero-order valence-corrected chi connectivity index (χ0v) is 12.8. The maximum Gasteiger partial charge on any atom is 0.252 e. The molecule has 17 heavy (non-hydrogen) atoms. The quantitative estimate of drug-likeness (QED) is 0.808. The number of hydrogen-bond donors (Lipinski definition) is 1. The fourth-order valence-corrected chi connectivity index (χ4v) is 2.22. The molecule has 0 radical (unpaired) electrons. The second-order valence-corrected chi connectivity index (χ2v) is 5.52. The Labute approximate surface area is 117 Å². The van der Waals surface area contributed by atoms with Gasteiger partial charge in [-0.1, -0.05) is 22.9 Å². The molecule has 0 aromatic heterocycles. The monoisotopic (exact) mass is 365 g/mol. The molecular weight excluding hydrogens is 353 g/mol. The minimum Gasteiger partial charge on any atom is -0.349 e. The lowest BCUT2D eigenvalue weighted by Crippen LogP contribution is -2.37. The van der Waals surface area contributed by atoms with E-state index < -0.39 is 5.82 Å². The Hall–Kier alpha value is -0.420. The first-order chi connectivity index (χ1) is 7.95. The Balaban J connectivity index is 2.79. The van der Waals surface area contributed by atoms with Crippen LogP contribution in [-0.2, 0) is 0 Å². The normalized spacial score (nSPS) is 14.2. The zero-order chi connectivity index (χ0) is 13.0. The molecule has 1 N–H and O–H groups in total. The van der Waals surface area contributed by atoms with E-state index in [0.717, 1.165) is 5.33 Å². The Morgan fingerprint density at radius 2 is 2.12 bits per heavy atom. The molecule has 0 aliphatic rings. The van der Waals surface area contributed by atoms with Crippen molar-refractivity contribution in [3.8, 4) is 0 Å². The van der Waals surface area contributed by atoms with Gasteiger partial charge in [0.2, 0.25) is 0 Å². The summed E-state index contributed by atoms with van der Waals surface area (Å²) in [5, 5.41) is 3.65. The molecular formula is C12H14Br2FNO. The number of benzene rings is 1. The first kappa shape index (κ1) is 14.6. The van der Waals surface area contributed by atoms with E-state index in [0.29, 0.717) is 16.0 Å². The van der Waals surface area contributed by atoms with Gasteiger partial charge in [-0.05, 0) is 47.0 Å². The van der Waals surface area contributed by atoms with Crippen LogP contribution in [0.1, 0.15) is 24.2 Å². The molecule has 0 heterocycles. The predicted octanol–water partition coefficient (Wildman–Crippen LogP) is 3.74. The summed E-state index contributed by atoms with van der Waals surface area (Å²) in [6.45, 7) is 3.96. The van der Waals surface area contributed by atoms with Crippen molar-refractivity contribution in [3.63, 3.8) is 0 Å². The van der Waals surface area contributed by atoms with Crippen LogP contribution < -0.4 is 5.32 Å². The minimum atomic E-state index is -0.417. The molecule has 0 fully saturated rings. The van der Waals surface area contributed by atoms with Crippen molar-refractivity contribution in [2.24, 2.45) is 5.92 Å². The number of halogens is 3. The molecule has 2 nitrogen and oxygen atoms in total. The van der Waals surface area contributed by atoms with Gasteiger partial charge in [-0.15, -0.1) is 0 Å². The summed E-state index contributed by atoms with van der Waals surface area (Å²) in [6.07, 6.45) is 0. The number of carbonyl (C=O) groups is 1. The van der Waals surface area contributed by atoms with Gasteiger partial charge in [0.25, 0.3) is 5.91 Å². The second kappa shape index (κ2) is 6.50. The summed E-state index contributed by atoms with van der Waals surface area (Å²) in [4.78, 5) is 11.9. The first-order valence-corrected chi connectivity index (χ1v) is 7.19. The van der Waals surface area contributed by atoms with Crippen LogP contribution >= 0.6 is 31.9 Å². The van der Waals surface area contributed by atoms with E-state index in [-0.39, 0.29) is 11.9 Å². The van der Waals surface area contributed by atoms with Crippen LogP contribution in [0.2, 0.25) is 0 Å². The lowest BCUT2D eigenvalue weighted by atomic mass is 10.1. The average Bonchev–Trinajstić information content (AvgIpc) is 2.30. The van der Waals surface area contributed by atoms with Gasteiger partial charge in [0.1, 0.15) is 5.82 Å². The summed E-state index contributed by atoms with van der Waals surface area (Å²) >= 11 is 6.61. The van der Waals surface area contributed by atoms with Gasteiger partial charge in [0.15, 0.2) is 0 Å². The van der Waals surface area contributed by atoms with E-state index in [9.17, 15) is 9.18 Å². The first-order valence-electron chi connectivity index (χ1n) is 5.27. The Morgan fingerprint density at radius 3 is 2.71 bits per heavy atom. The molecule has 1 amide bonds. The zero-order valence-electron chi connectivity index (χ0n) is 9.64. The standard InChI is InChI=1S/C12H14Br2FNO/c1-7(6-13)8(2)16-12(17)10-5-9(15)3-4-11(10)14/h3-5,7-8H,6H2,1-2H3,(H,16,17). The molecule has 1 rings (SSSR count). The Bertz CT molecular complexity index is 411. The maximum atomic E-state index is 13.1. The number of nitrogens with one attached hydrogen (secondary N) is 1. The Morgan fingerprint density at radius 1 is 1.47 bits per heavy atom. The van der Waals surface area contributed by atoms with E-state index >= 15 is 0 Å². The minimum absolute atomic E-state index is 0.0250. The van der Waals surface area contributed by atoms with E-state index in [1.807, 2.05) is 13.8 Å². The van der Waals surface area contributed by atoms with Crippen molar-refractivity contribution >= 4 is 37.8 Å². The second-order valence-electron chi connectivity index (χ2n) is 4.02. The SMILES string of the molecule is CC(CBr)C(C)NC(=O)c1cc(F)ccc1Br. The van der Waals surface area contributed by atoms with Gasteiger partial charge >= 0.3 is 0 Å². The molecule has 0 saturated heterocycles. The van der Waals surface area contributed by atoms with E-state index in [4.69, 9.17) is 0 Å². The smallest absolute Gasteiger partial charge is 0.252 e. The number of rotatable bonds is 4. The topological polar surface area (TPSA) is 29.1 Å². The van der Waals surface area contributed by atoms with Crippen LogP contribution in [0, 0.1) is 11.7 Å². The number of alkyl halides is 1. The van der Waals surface area contributed by atoms with Crippen molar-refractivity contribution < 1.29 is 9.18 Å². The van der Waals surface area contributed by atoms with E-state index in [1.54, 1.807) is 0 Å². The van der Waals surface area contributed by atoms with Gasteiger partial charge in [-0.25, -0.2) is 4.39 Å². The fraction of sp³-hybridized carbons (Fsp3) is 0.417. The molecule has 0 saturated carbocycles. The largest absolute Gasteiger partial charge is 0.349 e. The average molecular weight is 367 g/mol. The molecule has 1 aromatic carbocycles. The van der Waals surface area contributed by atoms with Crippen LogP contribution in [0.25, 0.3) is 0 Å². The number of hydrogen-bond acceptors (Lipinski definition) is 1. The summed E-state index contributed by atoms with van der Waals surface area (Å²) in [5.41, 5.74) is 0.318. The van der Waals surface area contributed by atoms with Gasteiger partial charge in [-0.2, -0.15) is 0 Å². The molecule has 2 unspecified atom stereocenters. The van der Waals surface area contributed by atoms with Crippen molar-refractivity contribution in [1.29, 1.82) is 0 Å². The lowest BCUT2D eigenvalue weighted by Gasteiger charge is -2.19. The molecule has 2 atom stereocenters. The predicted molar refractivity (Wildman–Crippen MR) is 74.0 cm³/mol. The summed E-state index contributed by atoms with van der Waals surface area (Å²) in [7, 11) is 0. The van der Waals surface area contributed by atoms with Crippen molar-refractivity contribution in [2.75, 3.05) is 5.33 Å².